The molecule has 2 rings (SSSR count). The number of halogens is 2. The highest BCUT2D eigenvalue weighted by Gasteiger charge is 2.11. The first-order valence-electron chi connectivity index (χ1n) is 7.42. The van der Waals surface area contributed by atoms with Gasteiger partial charge in [0.15, 0.2) is 5.78 Å². The Morgan fingerprint density at radius 2 is 1.96 bits per heavy atom. The van der Waals surface area contributed by atoms with Gasteiger partial charge in [0.05, 0.1) is 9.21 Å². The number of ketones is 1. The van der Waals surface area contributed by atoms with Crippen LogP contribution in [0, 0.1) is 5.82 Å². The molecule has 0 spiro atoms. The largest absolute Gasteiger partial charge is 0.355 e. The van der Waals surface area contributed by atoms with Gasteiger partial charge in [0.1, 0.15) is 5.82 Å². The molecule has 0 fully saturated rings. The van der Waals surface area contributed by atoms with Crippen molar-refractivity contribution in [3.05, 3.63) is 57.0 Å². The third kappa shape index (κ3) is 6.26. The summed E-state index contributed by atoms with van der Waals surface area (Å²) in [6, 6.07) is 10.0. The lowest BCUT2D eigenvalue weighted by Gasteiger charge is -2.05. The number of hydrogen-bond donors (Lipinski definition) is 1. The number of rotatable bonds is 9. The van der Waals surface area contributed by atoms with E-state index >= 15 is 0 Å². The number of carbonyl (C=O) groups excluding carboxylic acids is 2. The minimum atomic E-state index is -0.207. The average Bonchev–Trinajstić information content (AvgIpc) is 3.00. The van der Waals surface area contributed by atoms with Gasteiger partial charge in [-0.05, 0) is 23.8 Å². The molecule has 7 heteroatoms. The number of Topliss-reactive ketones (excluding diaryl/α,β-unsaturated/α-hetero) is 1. The fourth-order valence-corrected chi connectivity index (χ4v) is 3.82. The molecule has 0 aliphatic heterocycles. The molecule has 1 aromatic heterocycles. The van der Waals surface area contributed by atoms with Crippen LogP contribution in [0.25, 0.3) is 0 Å². The molecule has 0 bridgehead atoms. The van der Waals surface area contributed by atoms with Crippen molar-refractivity contribution in [1.29, 1.82) is 0 Å². The van der Waals surface area contributed by atoms with Gasteiger partial charge in [-0.25, -0.2) is 4.39 Å². The SMILES string of the molecule is O=C(CCC(=O)c1ccc(Cl)s1)NCCSCc1ccccc1F. The third-order valence-electron chi connectivity index (χ3n) is 3.21. The van der Waals surface area contributed by atoms with Gasteiger partial charge in [0.2, 0.25) is 5.91 Å². The van der Waals surface area contributed by atoms with Crippen LogP contribution in [0.5, 0.6) is 0 Å². The van der Waals surface area contributed by atoms with Crippen molar-refractivity contribution in [1.82, 2.24) is 5.32 Å². The minimum Gasteiger partial charge on any atom is -0.355 e. The molecule has 1 amide bonds. The monoisotopic (exact) mass is 385 g/mol. The van der Waals surface area contributed by atoms with Crippen LogP contribution < -0.4 is 5.32 Å². The molecule has 1 N–H and O–H groups in total. The summed E-state index contributed by atoms with van der Waals surface area (Å²) in [5.41, 5.74) is 0.661. The van der Waals surface area contributed by atoms with E-state index in [0.29, 0.717) is 32.8 Å². The molecule has 0 atom stereocenters. The van der Waals surface area contributed by atoms with Gasteiger partial charge in [-0.3, -0.25) is 9.59 Å². The van der Waals surface area contributed by atoms with Gasteiger partial charge in [-0.1, -0.05) is 29.8 Å². The van der Waals surface area contributed by atoms with Crippen molar-refractivity contribution in [2.75, 3.05) is 12.3 Å². The lowest BCUT2D eigenvalue weighted by molar-refractivity contribution is -0.120. The summed E-state index contributed by atoms with van der Waals surface area (Å²) in [7, 11) is 0. The summed E-state index contributed by atoms with van der Waals surface area (Å²) in [4.78, 5) is 24.2. The van der Waals surface area contributed by atoms with Crippen LogP contribution >= 0.6 is 34.7 Å². The Bertz CT molecular complexity index is 705. The molecule has 0 saturated carbocycles. The maximum atomic E-state index is 13.4. The Balaban J connectivity index is 1.58. The van der Waals surface area contributed by atoms with E-state index in [-0.39, 0.29) is 30.3 Å². The van der Waals surface area contributed by atoms with Gasteiger partial charge in [-0.15, -0.1) is 11.3 Å². The summed E-state index contributed by atoms with van der Waals surface area (Å²) in [6.45, 7) is 0.497. The van der Waals surface area contributed by atoms with Gasteiger partial charge >= 0.3 is 0 Å². The molecule has 1 aromatic carbocycles. The van der Waals surface area contributed by atoms with Crippen molar-refractivity contribution in [2.45, 2.75) is 18.6 Å². The predicted molar refractivity (Wildman–Crippen MR) is 98.5 cm³/mol. The number of hydrogen-bond acceptors (Lipinski definition) is 4. The molecule has 0 aliphatic carbocycles. The molecule has 128 valence electrons. The molecule has 3 nitrogen and oxygen atoms in total. The van der Waals surface area contributed by atoms with Crippen molar-refractivity contribution < 1.29 is 14.0 Å². The Labute approximate surface area is 153 Å². The van der Waals surface area contributed by atoms with E-state index in [2.05, 4.69) is 5.32 Å². The zero-order valence-corrected chi connectivity index (χ0v) is 15.3. The molecule has 0 aliphatic rings. The third-order valence-corrected chi connectivity index (χ3v) is 5.49. The first-order valence-corrected chi connectivity index (χ1v) is 9.77. The maximum Gasteiger partial charge on any atom is 0.220 e. The van der Waals surface area contributed by atoms with Gasteiger partial charge in [0.25, 0.3) is 0 Å². The molecule has 0 radical (unpaired) electrons. The minimum absolute atomic E-state index is 0.0732. The summed E-state index contributed by atoms with van der Waals surface area (Å²) >= 11 is 8.55. The number of thiophene rings is 1. The smallest absolute Gasteiger partial charge is 0.220 e. The second kappa shape index (κ2) is 9.81. The van der Waals surface area contributed by atoms with Crippen LogP contribution in [0.3, 0.4) is 0 Å². The average molecular weight is 386 g/mol. The highest BCUT2D eigenvalue weighted by Crippen LogP contribution is 2.22. The quantitative estimate of drug-likeness (QED) is 0.508. The predicted octanol–water partition coefficient (Wildman–Crippen LogP) is 4.55. The van der Waals surface area contributed by atoms with Crippen LogP contribution in [0.4, 0.5) is 4.39 Å². The normalized spacial score (nSPS) is 10.6. The maximum absolute atomic E-state index is 13.4. The van der Waals surface area contributed by atoms with E-state index in [0.717, 1.165) is 0 Å². The van der Waals surface area contributed by atoms with E-state index in [1.165, 1.54) is 17.4 Å². The van der Waals surface area contributed by atoms with Crippen molar-refractivity contribution in [2.24, 2.45) is 0 Å². The summed E-state index contributed by atoms with van der Waals surface area (Å²) < 4.78 is 14.0. The van der Waals surface area contributed by atoms with E-state index in [4.69, 9.17) is 11.6 Å². The van der Waals surface area contributed by atoms with Crippen molar-refractivity contribution in [3.63, 3.8) is 0 Å². The lowest BCUT2D eigenvalue weighted by Crippen LogP contribution is -2.26. The van der Waals surface area contributed by atoms with Crippen molar-refractivity contribution >= 4 is 46.4 Å². The number of thioether (sulfide) groups is 1. The van der Waals surface area contributed by atoms with Crippen LogP contribution in [-0.4, -0.2) is 24.0 Å². The highest BCUT2D eigenvalue weighted by atomic mass is 35.5. The van der Waals surface area contributed by atoms with Gasteiger partial charge in [-0.2, -0.15) is 11.8 Å². The Kier molecular flexibility index (Phi) is 7.75. The van der Waals surface area contributed by atoms with E-state index in [1.807, 2.05) is 0 Å². The Morgan fingerprint density at radius 1 is 1.17 bits per heavy atom. The first kappa shape index (κ1) is 19.0. The topological polar surface area (TPSA) is 46.2 Å². The summed E-state index contributed by atoms with van der Waals surface area (Å²) in [5.74, 6) is 0.823. The van der Waals surface area contributed by atoms with Gasteiger partial charge in [0, 0.05) is 30.9 Å². The van der Waals surface area contributed by atoms with E-state index in [9.17, 15) is 14.0 Å². The molecule has 0 unspecified atom stereocenters. The molecule has 0 saturated heterocycles. The lowest BCUT2D eigenvalue weighted by atomic mass is 10.2. The second-order valence-corrected chi connectivity index (χ2v) is 7.84. The van der Waals surface area contributed by atoms with E-state index < -0.39 is 0 Å². The van der Waals surface area contributed by atoms with Crippen LogP contribution in [-0.2, 0) is 10.5 Å². The molecule has 1 heterocycles. The van der Waals surface area contributed by atoms with Crippen LogP contribution in [0.2, 0.25) is 4.34 Å². The van der Waals surface area contributed by atoms with Crippen molar-refractivity contribution in [3.8, 4) is 0 Å². The standard InChI is InChI=1S/C17H17ClFNO2S2/c18-16-7-6-15(24-16)14(21)5-8-17(22)20-9-10-23-11-12-3-1-2-4-13(12)19/h1-4,6-7H,5,8-11H2,(H,20,22). The number of carbonyl (C=O) groups is 2. The molecular weight excluding hydrogens is 369 g/mol. The highest BCUT2D eigenvalue weighted by molar-refractivity contribution is 7.98. The molecule has 2 aromatic rings. The van der Waals surface area contributed by atoms with Crippen LogP contribution in [0.1, 0.15) is 28.1 Å². The fraction of sp³-hybridized carbons (Fsp3) is 0.294. The second-order valence-electron chi connectivity index (χ2n) is 5.02. The Hall–Kier alpha value is -1.37. The fourth-order valence-electron chi connectivity index (χ4n) is 1.96. The number of amides is 1. The van der Waals surface area contributed by atoms with E-state index in [1.54, 1.807) is 42.1 Å². The molecular formula is C17H17ClFNO2S2. The number of nitrogens with one attached hydrogen (secondary N) is 1. The van der Waals surface area contributed by atoms with Crippen LogP contribution in [0.15, 0.2) is 36.4 Å². The first-order chi connectivity index (χ1) is 11.6. The van der Waals surface area contributed by atoms with Gasteiger partial charge < -0.3 is 5.32 Å². The summed E-state index contributed by atoms with van der Waals surface area (Å²) in [5, 5.41) is 2.77. The zero-order chi connectivity index (χ0) is 17.4. The Morgan fingerprint density at radius 3 is 2.67 bits per heavy atom. The zero-order valence-electron chi connectivity index (χ0n) is 12.9. The number of benzene rings is 1. The summed E-state index contributed by atoms with van der Waals surface area (Å²) in [6.07, 6.45) is 0.331. The molecule has 24 heavy (non-hydrogen) atoms.